The smallest absolute Gasteiger partial charge is 0.343 e. The summed E-state index contributed by atoms with van der Waals surface area (Å²) in [5, 5.41) is 0. The molecule has 3 nitrogen and oxygen atoms in total. The Kier molecular flexibility index (Phi) is 5.69. The van der Waals surface area contributed by atoms with E-state index in [1.165, 1.54) is 11.1 Å². The highest BCUT2D eigenvalue weighted by atomic mass is 16.5. The van der Waals surface area contributed by atoms with Crippen LogP contribution in [0.4, 0.5) is 0 Å². The Balaban J connectivity index is 1.62. The van der Waals surface area contributed by atoms with Gasteiger partial charge < -0.3 is 9.47 Å². The van der Waals surface area contributed by atoms with Crippen LogP contribution in [0, 0.1) is 0 Å². The third kappa shape index (κ3) is 4.51. The third-order valence-electron chi connectivity index (χ3n) is 4.37. The van der Waals surface area contributed by atoms with E-state index in [0.717, 1.165) is 12.2 Å². The Labute approximate surface area is 154 Å². The first kappa shape index (κ1) is 17.7. The van der Waals surface area contributed by atoms with Gasteiger partial charge in [-0.05, 0) is 59.9 Å². The number of rotatable bonds is 6. The summed E-state index contributed by atoms with van der Waals surface area (Å²) in [5.41, 5.74) is 3.05. The van der Waals surface area contributed by atoms with Crippen molar-refractivity contribution in [2.24, 2.45) is 0 Å². The number of methoxy groups -OCH3 is 1. The van der Waals surface area contributed by atoms with Crippen molar-refractivity contribution < 1.29 is 14.3 Å². The highest BCUT2D eigenvalue weighted by Gasteiger charge is 2.10. The van der Waals surface area contributed by atoms with Crippen molar-refractivity contribution in [2.45, 2.75) is 19.3 Å². The maximum Gasteiger partial charge on any atom is 0.343 e. The van der Waals surface area contributed by atoms with Gasteiger partial charge in [0.1, 0.15) is 11.5 Å². The summed E-state index contributed by atoms with van der Waals surface area (Å²) in [6.07, 6.45) is 0.928. The molecule has 0 spiro atoms. The standard InChI is InChI=1S/C23H22O3/c1-17(19-6-4-3-5-7-19)16-18-8-10-20(11-9-18)23(24)26-22-14-12-21(25-2)13-15-22/h3-15,17H,16H2,1-2H3/t17-/m1/s1. The summed E-state index contributed by atoms with van der Waals surface area (Å²) >= 11 is 0. The number of ether oxygens (including phenoxy) is 2. The minimum atomic E-state index is -0.363. The highest BCUT2D eigenvalue weighted by Crippen LogP contribution is 2.21. The van der Waals surface area contributed by atoms with E-state index in [0.29, 0.717) is 17.2 Å². The van der Waals surface area contributed by atoms with Crippen molar-refractivity contribution in [1.29, 1.82) is 0 Å². The van der Waals surface area contributed by atoms with E-state index in [-0.39, 0.29) is 5.97 Å². The van der Waals surface area contributed by atoms with E-state index in [2.05, 4.69) is 31.2 Å². The van der Waals surface area contributed by atoms with Crippen molar-refractivity contribution in [2.75, 3.05) is 7.11 Å². The molecule has 1 atom stereocenters. The Morgan fingerprint density at radius 2 is 1.46 bits per heavy atom. The molecule has 26 heavy (non-hydrogen) atoms. The number of hydrogen-bond acceptors (Lipinski definition) is 3. The molecule has 0 N–H and O–H groups in total. The first-order valence-corrected chi connectivity index (χ1v) is 8.66. The van der Waals surface area contributed by atoms with Gasteiger partial charge in [-0.1, -0.05) is 49.4 Å². The topological polar surface area (TPSA) is 35.5 Å². The van der Waals surface area contributed by atoms with Gasteiger partial charge in [0, 0.05) is 0 Å². The molecule has 0 saturated carbocycles. The second-order valence-corrected chi connectivity index (χ2v) is 6.28. The van der Waals surface area contributed by atoms with Crippen LogP contribution >= 0.6 is 0 Å². The Hall–Kier alpha value is -3.07. The lowest BCUT2D eigenvalue weighted by molar-refractivity contribution is 0.0734. The molecule has 0 amide bonds. The zero-order valence-electron chi connectivity index (χ0n) is 15.0. The van der Waals surface area contributed by atoms with Crippen molar-refractivity contribution in [3.63, 3.8) is 0 Å². The van der Waals surface area contributed by atoms with Crippen LogP contribution < -0.4 is 9.47 Å². The Morgan fingerprint density at radius 3 is 2.08 bits per heavy atom. The van der Waals surface area contributed by atoms with Crippen LogP contribution in [-0.4, -0.2) is 13.1 Å². The first-order valence-electron chi connectivity index (χ1n) is 8.66. The van der Waals surface area contributed by atoms with E-state index < -0.39 is 0 Å². The average molecular weight is 346 g/mol. The Bertz CT molecular complexity index is 837. The maximum atomic E-state index is 12.3. The number of benzene rings is 3. The van der Waals surface area contributed by atoms with Crippen molar-refractivity contribution in [1.82, 2.24) is 0 Å². The van der Waals surface area contributed by atoms with Gasteiger partial charge in [-0.3, -0.25) is 0 Å². The van der Waals surface area contributed by atoms with Crippen molar-refractivity contribution >= 4 is 5.97 Å². The molecule has 0 heterocycles. The minimum Gasteiger partial charge on any atom is -0.497 e. The third-order valence-corrected chi connectivity index (χ3v) is 4.37. The second-order valence-electron chi connectivity index (χ2n) is 6.28. The molecule has 0 saturated heterocycles. The van der Waals surface area contributed by atoms with Crippen LogP contribution in [0.15, 0.2) is 78.9 Å². The fourth-order valence-electron chi connectivity index (χ4n) is 2.84. The number of esters is 1. The van der Waals surface area contributed by atoms with Gasteiger partial charge in [0.15, 0.2) is 0 Å². The zero-order valence-corrected chi connectivity index (χ0v) is 15.0. The first-order chi connectivity index (χ1) is 12.7. The summed E-state index contributed by atoms with van der Waals surface area (Å²) in [7, 11) is 1.60. The second kappa shape index (κ2) is 8.34. The Morgan fingerprint density at radius 1 is 0.846 bits per heavy atom. The molecule has 0 radical (unpaired) electrons. The van der Waals surface area contributed by atoms with E-state index in [1.807, 2.05) is 30.3 Å². The van der Waals surface area contributed by atoms with E-state index >= 15 is 0 Å². The van der Waals surface area contributed by atoms with E-state index in [4.69, 9.17) is 9.47 Å². The molecule has 0 bridgehead atoms. The fraction of sp³-hybridized carbons (Fsp3) is 0.174. The van der Waals surface area contributed by atoms with Gasteiger partial charge in [-0.2, -0.15) is 0 Å². The lowest BCUT2D eigenvalue weighted by atomic mass is 9.93. The summed E-state index contributed by atoms with van der Waals surface area (Å²) in [4.78, 5) is 12.3. The highest BCUT2D eigenvalue weighted by molar-refractivity contribution is 5.91. The summed E-state index contributed by atoms with van der Waals surface area (Å²) < 4.78 is 10.5. The van der Waals surface area contributed by atoms with E-state index in [1.54, 1.807) is 31.4 Å². The van der Waals surface area contributed by atoms with Gasteiger partial charge in [0.2, 0.25) is 0 Å². The molecule has 3 aromatic carbocycles. The predicted molar refractivity (Wildman–Crippen MR) is 103 cm³/mol. The molecule has 3 heteroatoms. The summed E-state index contributed by atoms with van der Waals surface area (Å²) in [6, 6.07) is 25.0. The van der Waals surface area contributed by atoms with E-state index in [9.17, 15) is 4.79 Å². The predicted octanol–water partition coefficient (Wildman–Crippen LogP) is 5.26. The molecule has 0 unspecified atom stereocenters. The van der Waals surface area contributed by atoms with Crippen LogP contribution in [0.5, 0.6) is 11.5 Å². The number of carbonyl (C=O) groups excluding carboxylic acids is 1. The number of hydrogen-bond donors (Lipinski definition) is 0. The van der Waals surface area contributed by atoms with Gasteiger partial charge in [-0.15, -0.1) is 0 Å². The SMILES string of the molecule is COc1ccc(OC(=O)c2ccc(C[C@@H](C)c3ccccc3)cc2)cc1. The van der Waals surface area contributed by atoms with Gasteiger partial charge >= 0.3 is 5.97 Å². The molecule has 132 valence electrons. The lowest BCUT2D eigenvalue weighted by Gasteiger charge is -2.12. The van der Waals surface area contributed by atoms with Gasteiger partial charge in [0.25, 0.3) is 0 Å². The quantitative estimate of drug-likeness (QED) is 0.451. The normalized spacial score (nSPS) is 11.6. The fourth-order valence-corrected chi connectivity index (χ4v) is 2.84. The molecule has 0 fully saturated rings. The largest absolute Gasteiger partial charge is 0.497 e. The van der Waals surface area contributed by atoms with Crippen LogP contribution in [0.2, 0.25) is 0 Å². The minimum absolute atomic E-state index is 0.363. The molecule has 0 aromatic heterocycles. The molecule has 0 aliphatic carbocycles. The number of carbonyl (C=O) groups is 1. The summed E-state index contributed by atoms with van der Waals surface area (Å²) in [6.45, 7) is 2.21. The molecule has 3 rings (SSSR count). The van der Waals surface area contributed by atoms with Crippen molar-refractivity contribution in [3.8, 4) is 11.5 Å². The molecule has 0 aliphatic rings. The van der Waals surface area contributed by atoms with Crippen molar-refractivity contribution in [3.05, 3.63) is 95.6 Å². The van der Waals surface area contributed by atoms with Gasteiger partial charge in [0.05, 0.1) is 12.7 Å². The summed E-state index contributed by atoms with van der Waals surface area (Å²) in [5.74, 6) is 1.28. The average Bonchev–Trinajstić information content (AvgIpc) is 2.69. The molecule has 0 aliphatic heterocycles. The monoisotopic (exact) mass is 346 g/mol. The zero-order chi connectivity index (χ0) is 18.4. The van der Waals surface area contributed by atoms with Crippen LogP contribution in [-0.2, 0) is 6.42 Å². The van der Waals surface area contributed by atoms with Crippen LogP contribution in [0.3, 0.4) is 0 Å². The van der Waals surface area contributed by atoms with Gasteiger partial charge in [-0.25, -0.2) is 4.79 Å². The van der Waals surface area contributed by atoms with Crippen LogP contribution in [0.25, 0.3) is 0 Å². The molecular formula is C23H22O3. The molecular weight excluding hydrogens is 324 g/mol. The molecule has 3 aromatic rings. The lowest BCUT2D eigenvalue weighted by Crippen LogP contribution is -2.08. The van der Waals surface area contributed by atoms with Crippen LogP contribution in [0.1, 0.15) is 34.3 Å². The maximum absolute atomic E-state index is 12.3.